The van der Waals surface area contributed by atoms with Crippen LogP contribution in [-0.4, -0.2) is 51.4 Å². The quantitative estimate of drug-likeness (QED) is 0.766. The van der Waals surface area contributed by atoms with Gasteiger partial charge in [-0.3, -0.25) is 4.79 Å². The van der Waals surface area contributed by atoms with Gasteiger partial charge >= 0.3 is 5.97 Å². The van der Waals surface area contributed by atoms with Gasteiger partial charge in [-0.05, 0) is 0 Å². The summed E-state index contributed by atoms with van der Waals surface area (Å²) in [4.78, 5) is 14.7. The molecular formula is C9H13N3O4S. The number of carbonyl (C=O) groups is 1. The van der Waals surface area contributed by atoms with Crippen LogP contribution in [0, 0.1) is 0 Å². The van der Waals surface area contributed by atoms with Crippen molar-refractivity contribution in [3.8, 4) is 0 Å². The zero-order chi connectivity index (χ0) is 12.3. The molecule has 8 heteroatoms. The highest BCUT2D eigenvalue weighted by Crippen LogP contribution is 2.21. The molecule has 0 bridgehead atoms. The molecule has 1 aromatic heterocycles. The monoisotopic (exact) mass is 259 g/mol. The summed E-state index contributed by atoms with van der Waals surface area (Å²) in [6.45, 7) is 1.55. The van der Waals surface area contributed by atoms with Crippen LogP contribution in [0.15, 0.2) is 5.16 Å². The minimum absolute atomic E-state index is 0.0337. The average molecular weight is 259 g/mol. The zero-order valence-electron chi connectivity index (χ0n) is 9.33. The normalized spacial score (nSPS) is 20.4. The molecule has 1 aliphatic rings. The predicted molar refractivity (Wildman–Crippen MR) is 58.9 cm³/mol. The molecule has 1 atom stereocenters. The van der Waals surface area contributed by atoms with E-state index in [9.17, 15) is 4.79 Å². The summed E-state index contributed by atoms with van der Waals surface area (Å²) in [5, 5.41) is 13.4. The second-order valence-corrected chi connectivity index (χ2v) is 4.44. The van der Waals surface area contributed by atoms with E-state index in [2.05, 4.69) is 10.1 Å². The number of carboxylic acid groups (broad SMARTS) is 1. The topological polar surface area (TPSA) is 86.5 Å². The van der Waals surface area contributed by atoms with Crippen molar-refractivity contribution in [1.29, 1.82) is 0 Å². The Morgan fingerprint density at radius 2 is 2.47 bits per heavy atom. The molecule has 1 aromatic rings. The Hall–Kier alpha value is -1.12. The summed E-state index contributed by atoms with van der Waals surface area (Å²) in [7, 11) is 1.73. The molecule has 1 aliphatic heterocycles. The number of aryl methyl sites for hydroxylation is 1. The van der Waals surface area contributed by atoms with E-state index in [1.165, 1.54) is 0 Å². The second kappa shape index (κ2) is 5.48. The number of thioether (sulfide) groups is 1. The third kappa shape index (κ3) is 3.18. The lowest BCUT2D eigenvalue weighted by molar-refractivity contribution is -0.133. The van der Waals surface area contributed by atoms with Crippen molar-refractivity contribution < 1.29 is 19.4 Å². The van der Waals surface area contributed by atoms with Gasteiger partial charge in [0.1, 0.15) is 6.10 Å². The number of nitrogens with zero attached hydrogens (tertiary/aromatic N) is 3. The lowest BCUT2D eigenvalue weighted by Crippen LogP contribution is -2.22. The largest absolute Gasteiger partial charge is 0.481 e. The van der Waals surface area contributed by atoms with Crippen LogP contribution in [0.5, 0.6) is 0 Å². The van der Waals surface area contributed by atoms with Crippen LogP contribution in [0.25, 0.3) is 0 Å². The number of aromatic nitrogens is 3. The first-order chi connectivity index (χ1) is 8.16. The molecule has 0 radical (unpaired) electrons. The highest BCUT2D eigenvalue weighted by Gasteiger charge is 2.22. The maximum Gasteiger partial charge on any atom is 0.313 e. The van der Waals surface area contributed by atoms with Crippen molar-refractivity contribution in [1.82, 2.24) is 14.8 Å². The first-order valence-corrected chi connectivity index (χ1v) is 6.10. The maximum absolute atomic E-state index is 10.5. The first kappa shape index (κ1) is 12.3. The van der Waals surface area contributed by atoms with E-state index in [0.29, 0.717) is 30.8 Å². The van der Waals surface area contributed by atoms with Gasteiger partial charge in [-0.25, -0.2) is 9.67 Å². The Labute approximate surface area is 102 Å². The van der Waals surface area contributed by atoms with Gasteiger partial charge in [-0.2, -0.15) is 5.10 Å². The van der Waals surface area contributed by atoms with Gasteiger partial charge in [0.05, 0.1) is 25.6 Å². The lowest BCUT2D eigenvalue weighted by Gasteiger charge is -2.19. The van der Waals surface area contributed by atoms with Crippen LogP contribution in [0.3, 0.4) is 0 Å². The van der Waals surface area contributed by atoms with E-state index in [1.54, 1.807) is 11.7 Å². The Morgan fingerprint density at radius 3 is 3.12 bits per heavy atom. The van der Waals surface area contributed by atoms with Crippen molar-refractivity contribution in [3.63, 3.8) is 0 Å². The van der Waals surface area contributed by atoms with Crippen LogP contribution in [0.4, 0.5) is 0 Å². The van der Waals surface area contributed by atoms with E-state index >= 15 is 0 Å². The number of hydrogen-bond donors (Lipinski definition) is 1. The fraction of sp³-hybridized carbons (Fsp3) is 0.667. The molecule has 1 saturated heterocycles. The van der Waals surface area contributed by atoms with E-state index in [1.807, 2.05) is 0 Å². The SMILES string of the molecule is Cn1nc(C2COCCO2)nc1SCC(=O)O. The highest BCUT2D eigenvalue weighted by molar-refractivity contribution is 7.99. The molecule has 1 N–H and O–H groups in total. The standard InChI is InChI=1S/C9H13N3O4S/c1-12-9(17-5-7(13)14)10-8(11-12)6-4-15-2-3-16-6/h6H,2-5H2,1H3,(H,13,14). The summed E-state index contributed by atoms with van der Waals surface area (Å²) in [6, 6.07) is 0. The minimum Gasteiger partial charge on any atom is -0.481 e. The number of ether oxygens (including phenoxy) is 2. The molecule has 1 unspecified atom stereocenters. The van der Waals surface area contributed by atoms with Crippen LogP contribution >= 0.6 is 11.8 Å². The molecule has 0 aliphatic carbocycles. The molecule has 0 amide bonds. The summed E-state index contributed by atoms with van der Waals surface area (Å²) in [5.41, 5.74) is 0. The molecule has 1 fully saturated rings. The maximum atomic E-state index is 10.5. The van der Waals surface area contributed by atoms with Gasteiger partial charge in [0, 0.05) is 7.05 Å². The van der Waals surface area contributed by atoms with Gasteiger partial charge in [-0.15, -0.1) is 0 Å². The van der Waals surface area contributed by atoms with Gasteiger partial charge in [0.2, 0.25) is 0 Å². The van der Waals surface area contributed by atoms with Crippen LogP contribution in [0.2, 0.25) is 0 Å². The molecular weight excluding hydrogens is 246 g/mol. The van der Waals surface area contributed by atoms with Crippen molar-refractivity contribution in [3.05, 3.63) is 5.82 Å². The molecule has 0 spiro atoms. The lowest BCUT2D eigenvalue weighted by atomic mass is 10.3. The summed E-state index contributed by atoms with van der Waals surface area (Å²) in [5.74, 6) is -0.370. The third-order valence-corrected chi connectivity index (χ3v) is 3.17. The van der Waals surface area contributed by atoms with Crippen molar-refractivity contribution >= 4 is 17.7 Å². The van der Waals surface area contributed by atoms with Crippen LogP contribution in [-0.2, 0) is 21.3 Å². The Kier molecular flexibility index (Phi) is 3.97. The van der Waals surface area contributed by atoms with E-state index in [4.69, 9.17) is 14.6 Å². The fourth-order valence-electron chi connectivity index (χ4n) is 1.41. The molecule has 94 valence electrons. The summed E-state index contributed by atoms with van der Waals surface area (Å²) in [6.07, 6.45) is -0.255. The van der Waals surface area contributed by atoms with E-state index in [-0.39, 0.29) is 11.9 Å². The van der Waals surface area contributed by atoms with Crippen molar-refractivity contribution in [2.24, 2.45) is 7.05 Å². The molecule has 0 aromatic carbocycles. The van der Waals surface area contributed by atoms with Gasteiger partial charge in [0.25, 0.3) is 0 Å². The van der Waals surface area contributed by atoms with Gasteiger partial charge in [0.15, 0.2) is 11.0 Å². The van der Waals surface area contributed by atoms with E-state index < -0.39 is 5.97 Å². The average Bonchev–Trinajstić information content (AvgIpc) is 2.69. The first-order valence-electron chi connectivity index (χ1n) is 5.11. The van der Waals surface area contributed by atoms with Gasteiger partial charge < -0.3 is 14.6 Å². The Bertz CT molecular complexity index is 403. The molecule has 2 rings (SSSR count). The van der Waals surface area contributed by atoms with Crippen molar-refractivity contribution in [2.45, 2.75) is 11.3 Å². The van der Waals surface area contributed by atoms with Crippen molar-refractivity contribution in [2.75, 3.05) is 25.6 Å². The molecule has 2 heterocycles. The van der Waals surface area contributed by atoms with Gasteiger partial charge in [-0.1, -0.05) is 11.8 Å². The number of carboxylic acids is 1. The zero-order valence-corrected chi connectivity index (χ0v) is 10.1. The fourth-order valence-corrected chi connectivity index (χ4v) is 2.05. The second-order valence-electron chi connectivity index (χ2n) is 3.49. The van der Waals surface area contributed by atoms with Crippen LogP contribution in [0.1, 0.15) is 11.9 Å². The van der Waals surface area contributed by atoms with E-state index in [0.717, 1.165) is 11.8 Å². The number of aliphatic carboxylic acids is 1. The number of hydrogen-bond acceptors (Lipinski definition) is 6. The predicted octanol–water partition coefficient (Wildman–Crippen LogP) is 0.0797. The Balaban J connectivity index is 2.03. The molecule has 0 saturated carbocycles. The number of rotatable bonds is 4. The molecule has 17 heavy (non-hydrogen) atoms. The molecule has 7 nitrogen and oxygen atoms in total. The summed E-state index contributed by atoms with van der Waals surface area (Å²) < 4.78 is 12.3. The summed E-state index contributed by atoms with van der Waals surface area (Å²) >= 11 is 1.13. The highest BCUT2D eigenvalue weighted by atomic mass is 32.2. The Morgan fingerprint density at radius 1 is 1.65 bits per heavy atom. The third-order valence-electron chi connectivity index (χ3n) is 2.17. The minimum atomic E-state index is -0.878. The van der Waals surface area contributed by atoms with Crippen LogP contribution < -0.4 is 0 Å². The smallest absolute Gasteiger partial charge is 0.313 e.